The Morgan fingerprint density at radius 1 is 1.27 bits per heavy atom. The summed E-state index contributed by atoms with van der Waals surface area (Å²) < 4.78 is 9.86. The van der Waals surface area contributed by atoms with Gasteiger partial charge in [0.15, 0.2) is 6.61 Å². The van der Waals surface area contributed by atoms with Crippen LogP contribution in [-0.4, -0.2) is 23.6 Å². The number of esters is 1. The van der Waals surface area contributed by atoms with E-state index < -0.39 is 11.9 Å². The second kappa shape index (κ2) is 7.40. The highest BCUT2D eigenvalue weighted by molar-refractivity contribution is 5.92. The van der Waals surface area contributed by atoms with E-state index in [1.807, 2.05) is 38.1 Å². The first kappa shape index (κ1) is 15.8. The Balaban J connectivity index is 1.90. The molecule has 6 heteroatoms. The van der Waals surface area contributed by atoms with Crippen LogP contribution in [-0.2, 0) is 14.3 Å². The highest BCUT2D eigenvalue weighted by Crippen LogP contribution is 2.21. The Morgan fingerprint density at radius 2 is 2.00 bits per heavy atom. The lowest BCUT2D eigenvalue weighted by Gasteiger charge is -2.02. The molecule has 0 radical (unpaired) electrons. The predicted octanol–water partition coefficient (Wildman–Crippen LogP) is 2.93. The third kappa shape index (κ3) is 4.44. The van der Waals surface area contributed by atoms with Gasteiger partial charge in [-0.2, -0.15) is 0 Å². The van der Waals surface area contributed by atoms with Crippen LogP contribution >= 0.6 is 0 Å². The zero-order chi connectivity index (χ0) is 15.9. The fourth-order valence-electron chi connectivity index (χ4n) is 1.79. The fourth-order valence-corrected chi connectivity index (χ4v) is 1.79. The molecule has 6 nitrogen and oxygen atoms in total. The molecule has 2 aromatic rings. The molecule has 0 fully saturated rings. The quantitative estimate of drug-likeness (QED) is 0.830. The lowest BCUT2D eigenvalue weighted by molar-refractivity contribution is -0.147. The van der Waals surface area contributed by atoms with E-state index in [0.717, 1.165) is 11.1 Å². The van der Waals surface area contributed by atoms with Gasteiger partial charge in [-0.05, 0) is 13.3 Å². The van der Waals surface area contributed by atoms with E-state index in [1.54, 1.807) is 6.07 Å². The molecule has 0 aliphatic heterocycles. The molecule has 0 saturated carbocycles. The largest absolute Gasteiger partial charge is 0.456 e. The van der Waals surface area contributed by atoms with Crippen LogP contribution in [0, 0.1) is 6.92 Å². The molecule has 0 aliphatic rings. The van der Waals surface area contributed by atoms with Crippen molar-refractivity contribution in [3.05, 3.63) is 35.9 Å². The van der Waals surface area contributed by atoms with Gasteiger partial charge in [0.1, 0.15) is 5.69 Å². The van der Waals surface area contributed by atoms with Crippen molar-refractivity contribution in [1.82, 2.24) is 5.16 Å². The Hall–Kier alpha value is -2.63. The molecule has 116 valence electrons. The average Bonchev–Trinajstić information content (AvgIpc) is 2.95. The standard InChI is InChI=1S/C16H18N2O4/c1-3-4-16(20)21-10-14(19)17-15-9-13(18-22-15)12-7-5-11(2)6-8-12/h5-9H,3-4,10H2,1-2H3,(H,17,19). The van der Waals surface area contributed by atoms with Crippen LogP contribution < -0.4 is 5.32 Å². The first-order valence-corrected chi connectivity index (χ1v) is 7.07. The number of aromatic nitrogens is 1. The summed E-state index contributed by atoms with van der Waals surface area (Å²) in [6.07, 6.45) is 0.982. The molecule has 1 aromatic carbocycles. The molecule has 0 atom stereocenters. The highest BCUT2D eigenvalue weighted by atomic mass is 16.5. The van der Waals surface area contributed by atoms with Gasteiger partial charge in [0, 0.05) is 18.1 Å². The second-order valence-electron chi connectivity index (χ2n) is 4.90. The van der Waals surface area contributed by atoms with Crippen molar-refractivity contribution in [3.8, 4) is 11.3 Å². The average molecular weight is 302 g/mol. The van der Waals surface area contributed by atoms with Gasteiger partial charge >= 0.3 is 5.97 Å². The topological polar surface area (TPSA) is 81.4 Å². The van der Waals surface area contributed by atoms with Crippen LogP contribution in [0.2, 0.25) is 0 Å². The summed E-state index contributed by atoms with van der Waals surface area (Å²) in [5, 5.41) is 6.39. The molecule has 0 aliphatic carbocycles. The van der Waals surface area contributed by atoms with Crippen molar-refractivity contribution in [1.29, 1.82) is 0 Å². The number of amides is 1. The SMILES string of the molecule is CCCC(=O)OCC(=O)Nc1cc(-c2ccc(C)cc2)no1. The van der Waals surface area contributed by atoms with Gasteiger partial charge in [0.05, 0.1) is 0 Å². The second-order valence-corrected chi connectivity index (χ2v) is 4.90. The molecule has 0 bridgehead atoms. The first-order chi connectivity index (χ1) is 10.6. The van der Waals surface area contributed by atoms with Crippen LogP contribution in [0.15, 0.2) is 34.9 Å². The number of hydrogen-bond acceptors (Lipinski definition) is 5. The van der Waals surface area contributed by atoms with Gasteiger partial charge in [-0.25, -0.2) is 0 Å². The van der Waals surface area contributed by atoms with E-state index in [9.17, 15) is 9.59 Å². The van der Waals surface area contributed by atoms with Gasteiger partial charge in [-0.3, -0.25) is 14.9 Å². The van der Waals surface area contributed by atoms with Crippen molar-refractivity contribution in [2.45, 2.75) is 26.7 Å². The summed E-state index contributed by atoms with van der Waals surface area (Å²) in [5.41, 5.74) is 2.66. The van der Waals surface area contributed by atoms with Crippen molar-refractivity contribution in [2.24, 2.45) is 0 Å². The maximum atomic E-state index is 11.6. The zero-order valence-corrected chi connectivity index (χ0v) is 12.6. The van der Waals surface area contributed by atoms with Crippen LogP contribution in [0.5, 0.6) is 0 Å². The molecule has 1 heterocycles. The number of rotatable bonds is 6. The lowest BCUT2D eigenvalue weighted by atomic mass is 10.1. The van der Waals surface area contributed by atoms with Crippen LogP contribution in [0.3, 0.4) is 0 Å². The number of benzene rings is 1. The van der Waals surface area contributed by atoms with Crippen LogP contribution in [0.4, 0.5) is 5.88 Å². The highest BCUT2D eigenvalue weighted by Gasteiger charge is 2.11. The monoisotopic (exact) mass is 302 g/mol. The number of aryl methyl sites for hydroxylation is 1. The molecule has 0 unspecified atom stereocenters. The van der Waals surface area contributed by atoms with Gasteiger partial charge in [-0.15, -0.1) is 0 Å². The van der Waals surface area contributed by atoms with Crippen LogP contribution in [0.1, 0.15) is 25.3 Å². The Labute approximate surface area is 128 Å². The van der Waals surface area contributed by atoms with E-state index in [4.69, 9.17) is 9.26 Å². The normalized spacial score (nSPS) is 10.3. The minimum Gasteiger partial charge on any atom is -0.456 e. The zero-order valence-electron chi connectivity index (χ0n) is 12.6. The van der Waals surface area contributed by atoms with E-state index >= 15 is 0 Å². The summed E-state index contributed by atoms with van der Waals surface area (Å²) >= 11 is 0. The minimum absolute atomic E-state index is 0.215. The number of hydrogen-bond donors (Lipinski definition) is 1. The first-order valence-electron chi connectivity index (χ1n) is 7.07. The number of anilines is 1. The predicted molar refractivity (Wildman–Crippen MR) is 81.2 cm³/mol. The molecule has 1 amide bonds. The summed E-state index contributed by atoms with van der Waals surface area (Å²) in [6, 6.07) is 9.40. The lowest BCUT2D eigenvalue weighted by Crippen LogP contribution is -2.20. The minimum atomic E-state index is -0.462. The maximum absolute atomic E-state index is 11.6. The van der Waals surface area contributed by atoms with Crippen molar-refractivity contribution < 1.29 is 18.8 Å². The number of nitrogens with one attached hydrogen (secondary N) is 1. The van der Waals surface area contributed by atoms with E-state index in [-0.39, 0.29) is 12.5 Å². The number of carbonyl (C=O) groups is 2. The summed E-state index contributed by atoms with van der Waals surface area (Å²) in [6.45, 7) is 3.53. The molecule has 0 spiro atoms. The molecule has 22 heavy (non-hydrogen) atoms. The van der Waals surface area contributed by atoms with Gasteiger partial charge in [-0.1, -0.05) is 41.9 Å². The van der Waals surface area contributed by atoms with Crippen LogP contribution in [0.25, 0.3) is 11.3 Å². The van der Waals surface area contributed by atoms with Gasteiger partial charge in [0.2, 0.25) is 5.88 Å². The third-order valence-electron chi connectivity index (χ3n) is 2.94. The van der Waals surface area contributed by atoms with Crippen molar-refractivity contribution in [3.63, 3.8) is 0 Å². The maximum Gasteiger partial charge on any atom is 0.306 e. The van der Waals surface area contributed by atoms with Crippen molar-refractivity contribution >= 4 is 17.8 Å². The fraction of sp³-hybridized carbons (Fsp3) is 0.312. The van der Waals surface area contributed by atoms with E-state index in [1.165, 1.54) is 0 Å². The molecule has 1 aromatic heterocycles. The molecule has 2 rings (SSSR count). The number of carbonyl (C=O) groups excluding carboxylic acids is 2. The Bertz CT molecular complexity index is 646. The number of nitrogens with zero attached hydrogens (tertiary/aromatic N) is 1. The molecule has 0 saturated heterocycles. The summed E-state index contributed by atoms with van der Waals surface area (Å²) in [7, 11) is 0. The summed E-state index contributed by atoms with van der Waals surface area (Å²) in [4.78, 5) is 22.8. The molecule has 1 N–H and O–H groups in total. The van der Waals surface area contributed by atoms with Gasteiger partial charge < -0.3 is 9.26 Å². The van der Waals surface area contributed by atoms with Gasteiger partial charge in [0.25, 0.3) is 5.91 Å². The number of ether oxygens (including phenoxy) is 1. The Morgan fingerprint density at radius 3 is 2.68 bits per heavy atom. The smallest absolute Gasteiger partial charge is 0.306 e. The molecular formula is C16H18N2O4. The molecular weight excluding hydrogens is 284 g/mol. The Kier molecular flexibility index (Phi) is 5.30. The van der Waals surface area contributed by atoms with Crippen molar-refractivity contribution in [2.75, 3.05) is 11.9 Å². The van der Waals surface area contributed by atoms with E-state index in [2.05, 4.69) is 10.5 Å². The summed E-state index contributed by atoms with van der Waals surface area (Å²) in [5.74, 6) is -0.640. The van der Waals surface area contributed by atoms with E-state index in [0.29, 0.717) is 18.5 Å². The third-order valence-corrected chi connectivity index (χ3v) is 2.94.